The minimum absolute atomic E-state index is 0.151. The normalized spacial score (nSPS) is 15.5. The van der Waals surface area contributed by atoms with Crippen molar-refractivity contribution in [2.75, 3.05) is 24.5 Å². The van der Waals surface area contributed by atoms with Gasteiger partial charge in [-0.3, -0.25) is 4.79 Å². The smallest absolute Gasteiger partial charge is 0.228 e. The molecule has 0 radical (unpaired) electrons. The first-order valence-electron chi connectivity index (χ1n) is 8.43. The molecule has 0 N–H and O–H groups in total. The van der Waals surface area contributed by atoms with Gasteiger partial charge in [-0.15, -0.1) is 0 Å². The molecule has 4 nitrogen and oxygen atoms in total. The van der Waals surface area contributed by atoms with Gasteiger partial charge in [-0.2, -0.15) is 0 Å². The number of likely N-dealkylation sites (tertiary alicyclic amines) is 1. The summed E-state index contributed by atoms with van der Waals surface area (Å²) in [7, 11) is 0. The highest BCUT2D eigenvalue weighted by Gasteiger charge is 2.19. The molecule has 1 aliphatic rings. The predicted octanol–water partition coefficient (Wildman–Crippen LogP) is 3.69. The highest BCUT2D eigenvalue weighted by Crippen LogP contribution is 2.19. The number of furan rings is 1. The Labute approximate surface area is 137 Å². The number of hydrogen-bond acceptors (Lipinski definition) is 3. The Balaban J connectivity index is 1.65. The molecule has 122 valence electrons. The van der Waals surface area contributed by atoms with Crippen LogP contribution in [0, 0.1) is 0 Å². The van der Waals surface area contributed by atoms with Gasteiger partial charge in [0, 0.05) is 18.7 Å². The molecule has 23 heavy (non-hydrogen) atoms. The second kappa shape index (κ2) is 7.97. The molecule has 0 spiro atoms. The molecule has 1 amide bonds. The number of benzene rings is 1. The van der Waals surface area contributed by atoms with Crippen LogP contribution in [0.15, 0.2) is 53.1 Å². The van der Waals surface area contributed by atoms with E-state index < -0.39 is 0 Å². The van der Waals surface area contributed by atoms with Gasteiger partial charge < -0.3 is 14.2 Å². The lowest BCUT2D eigenvalue weighted by Gasteiger charge is -2.28. The van der Waals surface area contributed by atoms with Gasteiger partial charge in [0.15, 0.2) is 0 Å². The van der Waals surface area contributed by atoms with Crippen molar-refractivity contribution in [1.82, 2.24) is 4.90 Å². The van der Waals surface area contributed by atoms with Gasteiger partial charge in [0.05, 0.1) is 12.8 Å². The van der Waals surface area contributed by atoms with Crippen molar-refractivity contribution in [2.45, 2.75) is 32.2 Å². The molecule has 1 fully saturated rings. The summed E-state index contributed by atoms with van der Waals surface area (Å²) in [6.07, 6.45) is 6.03. The van der Waals surface area contributed by atoms with Crippen LogP contribution in [-0.2, 0) is 11.3 Å². The number of carbonyl (C=O) groups excluding carboxylic acids is 1. The van der Waals surface area contributed by atoms with E-state index in [1.54, 1.807) is 6.26 Å². The van der Waals surface area contributed by atoms with E-state index in [0.29, 0.717) is 13.0 Å². The van der Waals surface area contributed by atoms with Crippen LogP contribution in [0.3, 0.4) is 0 Å². The minimum Gasteiger partial charge on any atom is -0.467 e. The number of rotatable bonds is 6. The number of hydrogen-bond donors (Lipinski definition) is 0. The fraction of sp³-hybridized carbons (Fsp3) is 0.421. The van der Waals surface area contributed by atoms with E-state index in [1.807, 2.05) is 47.4 Å². The van der Waals surface area contributed by atoms with Gasteiger partial charge >= 0.3 is 0 Å². The monoisotopic (exact) mass is 312 g/mol. The SMILES string of the molecule is O=C(CCN1CCCCC1)N(Cc1ccco1)c1ccccc1. The van der Waals surface area contributed by atoms with Crippen LogP contribution < -0.4 is 4.90 Å². The molecule has 1 aromatic heterocycles. The fourth-order valence-corrected chi connectivity index (χ4v) is 3.06. The van der Waals surface area contributed by atoms with Crippen LogP contribution in [0.4, 0.5) is 5.69 Å². The maximum absolute atomic E-state index is 12.8. The molecule has 0 aliphatic carbocycles. The van der Waals surface area contributed by atoms with Crippen molar-refractivity contribution in [3.05, 3.63) is 54.5 Å². The van der Waals surface area contributed by atoms with Crippen LogP contribution in [-0.4, -0.2) is 30.4 Å². The first-order chi connectivity index (χ1) is 11.3. The maximum Gasteiger partial charge on any atom is 0.228 e. The summed E-state index contributed by atoms with van der Waals surface area (Å²) in [6.45, 7) is 3.57. The van der Waals surface area contributed by atoms with Gasteiger partial charge in [0.2, 0.25) is 5.91 Å². The molecule has 0 atom stereocenters. The van der Waals surface area contributed by atoms with Crippen molar-refractivity contribution >= 4 is 11.6 Å². The van der Waals surface area contributed by atoms with E-state index in [4.69, 9.17) is 4.42 Å². The molecule has 0 saturated carbocycles. The molecular weight excluding hydrogens is 288 g/mol. The zero-order chi connectivity index (χ0) is 15.9. The standard InChI is InChI=1S/C19H24N2O2/c22-19(11-14-20-12-5-2-6-13-20)21(16-18-10-7-15-23-18)17-8-3-1-4-9-17/h1,3-4,7-10,15H,2,5-6,11-14,16H2. The number of anilines is 1. The largest absolute Gasteiger partial charge is 0.467 e. The average molecular weight is 312 g/mol. The van der Waals surface area contributed by atoms with Crippen LogP contribution in [0.5, 0.6) is 0 Å². The van der Waals surface area contributed by atoms with Crippen molar-refractivity contribution in [3.63, 3.8) is 0 Å². The third kappa shape index (κ3) is 4.45. The van der Waals surface area contributed by atoms with Gasteiger partial charge in [-0.25, -0.2) is 0 Å². The quantitative estimate of drug-likeness (QED) is 0.816. The van der Waals surface area contributed by atoms with Crippen molar-refractivity contribution in [3.8, 4) is 0 Å². The van der Waals surface area contributed by atoms with E-state index in [2.05, 4.69) is 4.90 Å². The highest BCUT2D eigenvalue weighted by atomic mass is 16.3. The van der Waals surface area contributed by atoms with E-state index in [0.717, 1.165) is 31.1 Å². The Morgan fingerprint density at radius 1 is 1.04 bits per heavy atom. The summed E-state index contributed by atoms with van der Waals surface area (Å²) in [5, 5.41) is 0. The average Bonchev–Trinajstić information content (AvgIpc) is 3.12. The predicted molar refractivity (Wildman–Crippen MR) is 91.2 cm³/mol. The molecule has 1 aromatic carbocycles. The molecule has 1 saturated heterocycles. The third-order valence-electron chi connectivity index (χ3n) is 4.35. The van der Waals surface area contributed by atoms with Crippen molar-refractivity contribution < 1.29 is 9.21 Å². The second-order valence-corrected chi connectivity index (χ2v) is 6.05. The number of carbonyl (C=O) groups is 1. The summed E-state index contributed by atoms with van der Waals surface area (Å²) in [5.41, 5.74) is 0.924. The molecule has 0 bridgehead atoms. The molecule has 1 aliphatic heterocycles. The Morgan fingerprint density at radius 3 is 2.52 bits per heavy atom. The first kappa shape index (κ1) is 15.8. The molecule has 4 heteroatoms. The van der Waals surface area contributed by atoms with Crippen molar-refractivity contribution in [2.24, 2.45) is 0 Å². The molecule has 2 aromatic rings. The fourth-order valence-electron chi connectivity index (χ4n) is 3.06. The second-order valence-electron chi connectivity index (χ2n) is 6.05. The minimum atomic E-state index is 0.151. The number of piperidine rings is 1. The number of nitrogens with zero attached hydrogens (tertiary/aromatic N) is 2. The van der Waals surface area contributed by atoms with Crippen LogP contribution in [0.25, 0.3) is 0 Å². The zero-order valence-electron chi connectivity index (χ0n) is 13.5. The van der Waals surface area contributed by atoms with Crippen molar-refractivity contribution in [1.29, 1.82) is 0 Å². The molecule has 3 rings (SSSR count). The Hall–Kier alpha value is -2.07. The summed E-state index contributed by atoms with van der Waals surface area (Å²) in [5.74, 6) is 0.957. The van der Waals surface area contributed by atoms with E-state index in [-0.39, 0.29) is 5.91 Å². The maximum atomic E-state index is 12.8. The summed E-state index contributed by atoms with van der Waals surface area (Å²) < 4.78 is 5.43. The van der Waals surface area contributed by atoms with E-state index in [1.165, 1.54) is 19.3 Å². The summed E-state index contributed by atoms with van der Waals surface area (Å²) >= 11 is 0. The van der Waals surface area contributed by atoms with Gasteiger partial charge in [-0.1, -0.05) is 24.6 Å². The summed E-state index contributed by atoms with van der Waals surface area (Å²) in [6, 6.07) is 13.6. The van der Waals surface area contributed by atoms with Crippen LogP contribution in [0.2, 0.25) is 0 Å². The third-order valence-corrected chi connectivity index (χ3v) is 4.35. The summed E-state index contributed by atoms with van der Waals surface area (Å²) in [4.78, 5) is 17.0. The first-order valence-corrected chi connectivity index (χ1v) is 8.43. The van der Waals surface area contributed by atoms with Gasteiger partial charge in [0.25, 0.3) is 0 Å². The molecule has 2 heterocycles. The Kier molecular flexibility index (Phi) is 5.48. The lowest BCUT2D eigenvalue weighted by molar-refractivity contribution is -0.119. The topological polar surface area (TPSA) is 36.7 Å². The molecular formula is C19H24N2O2. The number of para-hydroxylation sites is 1. The van der Waals surface area contributed by atoms with Crippen LogP contribution >= 0.6 is 0 Å². The lowest BCUT2D eigenvalue weighted by atomic mass is 10.1. The zero-order valence-corrected chi connectivity index (χ0v) is 13.5. The highest BCUT2D eigenvalue weighted by molar-refractivity contribution is 5.93. The lowest BCUT2D eigenvalue weighted by Crippen LogP contribution is -2.36. The van der Waals surface area contributed by atoms with E-state index >= 15 is 0 Å². The Bertz CT molecular complexity index is 589. The van der Waals surface area contributed by atoms with Crippen LogP contribution in [0.1, 0.15) is 31.4 Å². The number of amides is 1. The van der Waals surface area contributed by atoms with E-state index in [9.17, 15) is 4.79 Å². The molecule has 0 unspecified atom stereocenters. The van der Waals surface area contributed by atoms with Gasteiger partial charge in [-0.05, 0) is 50.2 Å². The Morgan fingerprint density at radius 2 is 1.83 bits per heavy atom. The van der Waals surface area contributed by atoms with Gasteiger partial charge in [0.1, 0.15) is 5.76 Å².